The van der Waals surface area contributed by atoms with Crippen LogP contribution in [0.1, 0.15) is 21.6 Å². The Kier molecular flexibility index (Phi) is 4.91. The van der Waals surface area contributed by atoms with Gasteiger partial charge >= 0.3 is 0 Å². The van der Waals surface area contributed by atoms with Crippen LogP contribution in [0, 0.1) is 6.92 Å². The monoisotopic (exact) mass is 323 g/mol. The molecule has 2 aromatic heterocycles. The Labute approximate surface area is 141 Å². The van der Waals surface area contributed by atoms with Crippen LogP contribution in [0.5, 0.6) is 0 Å². The number of amides is 1. The van der Waals surface area contributed by atoms with E-state index in [1.165, 1.54) is 0 Å². The Morgan fingerprint density at radius 2 is 2.04 bits per heavy atom. The number of methoxy groups -OCH3 is 1. The van der Waals surface area contributed by atoms with Crippen molar-refractivity contribution in [3.8, 4) is 0 Å². The van der Waals surface area contributed by atoms with E-state index in [4.69, 9.17) is 4.74 Å². The van der Waals surface area contributed by atoms with Gasteiger partial charge in [-0.05, 0) is 30.2 Å². The molecule has 3 rings (SSSR count). The number of imidazole rings is 1. The third-order valence-corrected chi connectivity index (χ3v) is 3.90. The zero-order valence-electron chi connectivity index (χ0n) is 14.0. The molecule has 5 nitrogen and oxygen atoms in total. The van der Waals surface area contributed by atoms with Gasteiger partial charge in [0.1, 0.15) is 11.3 Å². The molecule has 0 N–H and O–H groups in total. The maximum atomic E-state index is 12.9. The number of hydrogen-bond donors (Lipinski definition) is 0. The number of aryl methyl sites for hydroxylation is 1. The number of pyridine rings is 1. The fourth-order valence-electron chi connectivity index (χ4n) is 2.61. The largest absolute Gasteiger partial charge is 0.383 e. The summed E-state index contributed by atoms with van der Waals surface area (Å²) in [6.45, 7) is 3.56. The van der Waals surface area contributed by atoms with Crippen molar-refractivity contribution in [1.29, 1.82) is 0 Å². The van der Waals surface area contributed by atoms with Crippen LogP contribution in [0.3, 0.4) is 0 Å². The van der Waals surface area contributed by atoms with Crippen LogP contribution in [-0.4, -0.2) is 40.5 Å². The summed E-state index contributed by atoms with van der Waals surface area (Å²) in [5, 5.41) is 0. The third-order valence-electron chi connectivity index (χ3n) is 3.90. The maximum absolute atomic E-state index is 12.9. The fourth-order valence-corrected chi connectivity index (χ4v) is 2.61. The Morgan fingerprint density at radius 3 is 2.79 bits per heavy atom. The summed E-state index contributed by atoms with van der Waals surface area (Å²) in [5.41, 5.74) is 3.44. The lowest BCUT2D eigenvalue weighted by molar-refractivity contribution is 0.0675. The highest BCUT2D eigenvalue weighted by Crippen LogP contribution is 2.12. The lowest BCUT2D eigenvalue weighted by Gasteiger charge is -2.21. The molecule has 0 saturated heterocycles. The summed E-state index contributed by atoms with van der Waals surface area (Å²) >= 11 is 0. The minimum absolute atomic E-state index is 0.0859. The number of ether oxygens (including phenoxy) is 1. The molecule has 5 heteroatoms. The predicted octanol–water partition coefficient (Wildman–Crippen LogP) is 2.93. The summed E-state index contributed by atoms with van der Waals surface area (Å²) in [6, 6.07) is 13.9. The maximum Gasteiger partial charge on any atom is 0.274 e. The lowest BCUT2D eigenvalue weighted by atomic mass is 10.2. The quantitative estimate of drug-likeness (QED) is 0.701. The van der Waals surface area contributed by atoms with Gasteiger partial charge in [0.15, 0.2) is 0 Å². The third kappa shape index (κ3) is 3.63. The van der Waals surface area contributed by atoms with Gasteiger partial charge in [-0.2, -0.15) is 0 Å². The van der Waals surface area contributed by atoms with E-state index in [-0.39, 0.29) is 5.91 Å². The molecule has 1 aromatic carbocycles. The second kappa shape index (κ2) is 7.27. The van der Waals surface area contributed by atoms with Gasteiger partial charge in [-0.15, -0.1) is 0 Å². The molecule has 0 radical (unpaired) electrons. The zero-order valence-corrected chi connectivity index (χ0v) is 14.0. The minimum atomic E-state index is -0.0859. The Bertz CT molecular complexity index is 827. The van der Waals surface area contributed by atoms with Crippen LogP contribution in [0.25, 0.3) is 5.65 Å². The SMILES string of the molecule is COCCN(Cc1ccccc1)C(=O)c1cn2ccc(C)cc2n1. The van der Waals surface area contributed by atoms with Crippen molar-refractivity contribution in [2.24, 2.45) is 0 Å². The Hall–Kier alpha value is -2.66. The number of carbonyl (C=O) groups is 1. The van der Waals surface area contributed by atoms with Crippen molar-refractivity contribution in [3.63, 3.8) is 0 Å². The minimum Gasteiger partial charge on any atom is -0.383 e. The highest BCUT2D eigenvalue weighted by molar-refractivity contribution is 5.93. The van der Waals surface area contributed by atoms with E-state index in [0.29, 0.717) is 25.4 Å². The second-order valence-electron chi connectivity index (χ2n) is 5.80. The van der Waals surface area contributed by atoms with E-state index < -0.39 is 0 Å². The molecule has 0 saturated carbocycles. The van der Waals surface area contributed by atoms with Gasteiger partial charge < -0.3 is 14.0 Å². The van der Waals surface area contributed by atoms with Gasteiger partial charge in [0.05, 0.1) is 6.61 Å². The smallest absolute Gasteiger partial charge is 0.274 e. The van der Waals surface area contributed by atoms with Crippen LogP contribution >= 0.6 is 0 Å². The first-order valence-corrected chi connectivity index (χ1v) is 7.95. The van der Waals surface area contributed by atoms with E-state index >= 15 is 0 Å². The first-order chi connectivity index (χ1) is 11.7. The summed E-state index contributed by atoms with van der Waals surface area (Å²) in [5.74, 6) is -0.0859. The Morgan fingerprint density at radius 1 is 1.25 bits per heavy atom. The average molecular weight is 323 g/mol. The molecule has 24 heavy (non-hydrogen) atoms. The highest BCUT2D eigenvalue weighted by Gasteiger charge is 2.19. The summed E-state index contributed by atoms with van der Waals surface area (Å²) in [7, 11) is 1.64. The number of carbonyl (C=O) groups excluding carboxylic acids is 1. The van der Waals surface area contributed by atoms with E-state index in [0.717, 1.165) is 16.8 Å². The number of rotatable bonds is 6. The summed E-state index contributed by atoms with van der Waals surface area (Å²) < 4.78 is 7.02. The van der Waals surface area contributed by atoms with Gasteiger partial charge in [0.2, 0.25) is 0 Å². The average Bonchev–Trinajstić information content (AvgIpc) is 3.02. The standard InChI is InChI=1S/C19H21N3O2/c1-15-8-9-21-14-17(20-18(21)12-15)19(23)22(10-11-24-2)13-16-6-4-3-5-7-16/h3-9,12,14H,10-11,13H2,1-2H3. The molecule has 0 fully saturated rings. The van der Waals surface area contributed by atoms with Crippen LogP contribution in [0.2, 0.25) is 0 Å². The molecule has 0 spiro atoms. The highest BCUT2D eigenvalue weighted by atomic mass is 16.5. The van der Waals surface area contributed by atoms with Gasteiger partial charge in [-0.25, -0.2) is 4.98 Å². The second-order valence-corrected chi connectivity index (χ2v) is 5.80. The molecule has 0 aliphatic rings. The predicted molar refractivity (Wildman–Crippen MR) is 93.0 cm³/mol. The van der Waals surface area contributed by atoms with Gasteiger partial charge in [-0.1, -0.05) is 30.3 Å². The molecular formula is C19H21N3O2. The summed E-state index contributed by atoms with van der Waals surface area (Å²) in [6.07, 6.45) is 3.70. The van der Waals surface area contributed by atoms with Crippen molar-refractivity contribution in [3.05, 3.63) is 71.7 Å². The van der Waals surface area contributed by atoms with E-state index in [1.54, 1.807) is 18.2 Å². The first kappa shape index (κ1) is 16.2. The fraction of sp³-hybridized carbons (Fsp3) is 0.263. The summed E-state index contributed by atoms with van der Waals surface area (Å²) in [4.78, 5) is 19.2. The van der Waals surface area contributed by atoms with Gasteiger partial charge in [-0.3, -0.25) is 4.79 Å². The topological polar surface area (TPSA) is 46.8 Å². The molecule has 2 heterocycles. The molecule has 3 aromatic rings. The van der Waals surface area contributed by atoms with Crippen LogP contribution in [-0.2, 0) is 11.3 Å². The molecule has 0 unspecified atom stereocenters. The Balaban J connectivity index is 1.85. The van der Waals surface area contributed by atoms with Crippen LogP contribution in [0.4, 0.5) is 0 Å². The van der Waals surface area contributed by atoms with Crippen molar-refractivity contribution < 1.29 is 9.53 Å². The van der Waals surface area contributed by atoms with Crippen molar-refractivity contribution in [2.75, 3.05) is 20.3 Å². The normalized spacial score (nSPS) is 10.9. The molecular weight excluding hydrogens is 302 g/mol. The van der Waals surface area contributed by atoms with Gasteiger partial charge in [0.25, 0.3) is 5.91 Å². The number of nitrogens with zero attached hydrogens (tertiary/aromatic N) is 3. The van der Waals surface area contributed by atoms with E-state index in [9.17, 15) is 4.79 Å². The lowest BCUT2D eigenvalue weighted by Crippen LogP contribution is -2.33. The molecule has 0 aliphatic carbocycles. The number of fused-ring (bicyclic) bond motifs is 1. The molecule has 1 amide bonds. The number of hydrogen-bond acceptors (Lipinski definition) is 3. The van der Waals surface area contributed by atoms with Gasteiger partial charge in [0, 0.05) is 32.6 Å². The van der Waals surface area contributed by atoms with E-state index in [1.807, 2.05) is 60.0 Å². The molecule has 0 aliphatic heterocycles. The first-order valence-electron chi connectivity index (χ1n) is 7.95. The van der Waals surface area contributed by atoms with Crippen molar-refractivity contribution in [2.45, 2.75) is 13.5 Å². The van der Waals surface area contributed by atoms with E-state index in [2.05, 4.69) is 4.98 Å². The van der Waals surface area contributed by atoms with Crippen LogP contribution < -0.4 is 0 Å². The molecule has 124 valence electrons. The molecule has 0 bridgehead atoms. The van der Waals surface area contributed by atoms with Crippen molar-refractivity contribution >= 4 is 11.6 Å². The van der Waals surface area contributed by atoms with Crippen LogP contribution in [0.15, 0.2) is 54.9 Å². The number of aromatic nitrogens is 2. The number of benzene rings is 1. The van der Waals surface area contributed by atoms with Crippen molar-refractivity contribution in [1.82, 2.24) is 14.3 Å². The zero-order chi connectivity index (χ0) is 16.9. The molecule has 0 atom stereocenters.